The number of nitrogens with zero attached hydrogens (tertiary/aromatic N) is 2. The minimum Gasteiger partial charge on any atom is -0.386 e. The van der Waals surface area contributed by atoms with Crippen molar-refractivity contribution >= 4 is 27.3 Å². The summed E-state index contributed by atoms with van der Waals surface area (Å²) >= 11 is 5.02. The molecule has 0 aliphatic rings. The third-order valence-corrected chi connectivity index (χ3v) is 3.81. The highest BCUT2D eigenvalue weighted by atomic mass is 79.9. The van der Waals surface area contributed by atoms with Crippen LogP contribution in [0.25, 0.3) is 0 Å². The largest absolute Gasteiger partial charge is 0.386 e. The summed E-state index contributed by atoms with van der Waals surface area (Å²) in [5, 5.41) is 9.96. The number of thiophene rings is 1. The Morgan fingerprint density at radius 2 is 2.19 bits per heavy atom. The zero-order valence-electron chi connectivity index (χ0n) is 8.72. The number of hydrogen-bond acceptors (Lipinski definition) is 4. The van der Waals surface area contributed by atoms with Crippen LogP contribution >= 0.6 is 27.3 Å². The van der Waals surface area contributed by atoms with E-state index in [4.69, 9.17) is 0 Å². The van der Waals surface area contributed by atoms with Crippen molar-refractivity contribution in [2.45, 2.75) is 19.4 Å². The van der Waals surface area contributed by atoms with Gasteiger partial charge in [-0.2, -0.15) is 0 Å². The monoisotopic (exact) mass is 298 g/mol. The van der Waals surface area contributed by atoms with Crippen LogP contribution in [-0.2, 0) is 6.42 Å². The average molecular weight is 299 g/mol. The summed E-state index contributed by atoms with van der Waals surface area (Å²) in [5.74, 6) is 0. The van der Waals surface area contributed by atoms with Gasteiger partial charge in [-0.25, -0.2) is 0 Å². The molecule has 0 bridgehead atoms. The first kappa shape index (κ1) is 11.7. The highest BCUT2D eigenvalue weighted by Gasteiger charge is 2.11. The molecule has 1 N–H and O–H groups in total. The van der Waals surface area contributed by atoms with E-state index in [0.717, 1.165) is 14.4 Å². The van der Waals surface area contributed by atoms with Gasteiger partial charge in [-0.1, -0.05) is 0 Å². The van der Waals surface area contributed by atoms with Crippen LogP contribution in [0.15, 0.2) is 28.3 Å². The first-order chi connectivity index (χ1) is 7.65. The fraction of sp³-hybridized carbons (Fsp3) is 0.273. The Kier molecular flexibility index (Phi) is 3.68. The molecule has 2 aromatic rings. The summed E-state index contributed by atoms with van der Waals surface area (Å²) in [6.07, 6.45) is 3.29. The predicted molar refractivity (Wildman–Crippen MR) is 67.5 cm³/mol. The van der Waals surface area contributed by atoms with Crippen LogP contribution < -0.4 is 0 Å². The number of halogens is 1. The van der Waals surface area contributed by atoms with Gasteiger partial charge in [0, 0.05) is 17.5 Å². The van der Waals surface area contributed by atoms with Crippen LogP contribution in [0.5, 0.6) is 0 Å². The van der Waals surface area contributed by atoms with Gasteiger partial charge in [0.15, 0.2) is 0 Å². The number of aliphatic hydroxyl groups excluding tert-OH is 1. The van der Waals surface area contributed by atoms with Crippen molar-refractivity contribution in [3.8, 4) is 0 Å². The van der Waals surface area contributed by atoms with Gasteiger partial charge >= 0.3 is 0 Å². The second-order valence-electron chi connectivity index (χ2n) is 3.51. The molecule has 84 valence electrons. The molecule has 16 heavy (non-hydrogen) atoms. The maximum absolute atomic E-state index is 9.96. The van der Waals surface area contributed by atoms with Gasteiger partial charge in [-0.3, -0.25) is 9.97 Å². The van der Waals surface area contributed by atoms with E-state index in [2.05, 4.69) is 25.9 Å². The lowest BCUT2D eigenvalue weighted by Crippen LogP contribution is -2.04. The molecule has 5 heteroatoms. The van der Waals surface area contributed by atoms with Gasteiger partial charge in [0.25, 0.3) is 0 Å². The summed E-state index contributed by atoms with van der Waals surface area (Å²) in [5.41, 5.74) is 1.48. The fourth-order valence-corrected chi connectivity index (χ4v) is 2.85. The van der Waals surface area contributed by atoms with Crippen molar-refractivity contribution in [2.75, 3.05) is 0 Å². The summed E-state index contributed by atoms with van der Waals surface area (Å²) < 4.78 is 1.07. The first-order valence-corrected chi connectivity index (χ1v) is 6.47. The van der Waals surface area contributed by atoms with Crippen molar-refractivity contribution in [1.29, 1.82) is 0 Å². The molecule has 1 unspecified atom stereocenters. The van der Waals surface area contributed by atoms with E-state index < -0.39 is 6.10 Å². The Hall–Kier alpha value is -0.780. The molecule has 0 aliphatic carbocycles. The third-order valence-electron chi connectivity index (χ3n) is 2.17. The maximum Gasteiger partial charge on any atom is 0.102 e. The Morgan fingerprint density at radius 1 is 1.38 bits per heavy atom. The van der Waals surface area contributed by atoms with Crippen LogP contribution in [0.2, 0.25) is 0 Å². The Bertz CT molecular complexity index is 469. The van der Waals surface area contributed by atoms with E-state index >= 15 is 0 Å². The van der Waals surface area contributed by atoms with Gasteiger partial charge in [0.1, 0.15) is 6.10 Å². The van der Waals surface area contributed by atoms with E-state index in [0.29, 0.717) is 12.1 Å². The molecular weight excluding hydrogens is 288 g/mol. The summed E-state index contributed by atoms with van der Waals surface area (Å²) in [6.45, 7) is 1.87. The van der Waals surface area contributed by atoms with Gasteiger partial charge in [0.2, 0.25) is 0 Å². The van der Waals surface area contributed by atoms with Gasteiger partial charge in [-0.15, -0.1) is 11.3 Å². The predicted octanol–water partition coefficient (Wildman–Crippen LogP) is 2.89. The van der Waals surface area contributed by atoms with Crippen LogP contribution in [-0.4, -0.2) is 15.1 Å². The molecule has 0 aliphatic heterocycles. The third kappa shape index (κ3) is 2.87. The molecule has 2 rings (SSSR count). The topological polar surface area (TPSA) is 46.0 Å². The smallest absolute Gasteiger partial charge is 0.102 e. The molecular formula is C11H11BrN2OS. The Labute approximate surface area is 106 Å². The second kappa shape index (κ2) is 5.03. The SMILES string of the molecule is Cc1cnc(C(O)Cc2ccc(Br)s2)cn1. The van der Waals surface area contributed by atoms with Crippen LogP contribution in [0.1, 0.15) is 22.4 Å². The van der Waals surface area contributed by atoms with Crippen molar-refractivity contribution in [3.63, 3.8) is 0 Å². The van der Waals surface area contributed by atoms with Crippen molar-refractivity contribution < 1.29 is 5.11 Å². The molecule has 1 atom stereocenters. The van der Waals surface area contributed by atoms with E-state index in [9.17, 15) is 5.11 Å². The number of aromatic nitrogens is 2. The number of aryl methyl sites for hydroxylation is 1. The maximum atomic E-state index is 9.96. The highest BCUT2D eigenvalue weighted by Crippen LogP contribution is 2.26. The normalized spacial score (nSPS) is 12.7. The molecule has 0 radical (unpaired) electrons. The molecule has 0 saturated carbocycles. The van der Waals surface area contributed by atoms with Crippen molar-refractivity contribution in [3.05, 3.63) is 44.6 Å². The lowest BCUT2D eigenvalue weighted by molar-refractivity contribution is 0.174. The van der Waals surface area contributed by atoms with Gasteiger partial charge < -0.3 is 5.11 Å². The second-order valence-corrected chi connectivity index (χ2v) is 6.06. The molecule has 0 fully saturated rings. The fourth-order valence-electron chi connectivity index (χ4n) is 1.33. The van der Waals surface area contributed by atoms with Crippen LogP contribution in [0.3, 0.4) is 0 Å². The van der Waals surface area contributed by atoms with E-state index in [1.807, 2.05) is 19.1 Å². The van der Waals surface area contributed by atoms with E-state index in [1.165, 1.54) is 0 Å². The minimum atomic E-state index is -0.585. The van der Waals surface area contributed by atoms with E-state index in [-0.39, 0.29) is 0 Å². The molecule has 2 aromatic heterocycles. The standard InChI is InChI=1S/C11H11BrN2OS/c1-7-5-14-9(6-13-7)10(15)4-8-2-3-11(12)16-8/h2-3,5-6,10,15H,4H2,1H3. The average Bonchev–Trinajstić information content (AvgIpc) is 2.65. The zero-order chi connectivity index (χ0) is 11.5. The summed E-state index contributed by atoms with van der Waals surface area (Å²) in [6, 6.07) is 3.98. The minimum absolute atomic E-state index is 0.577. The highest BCUT2D eigenvalue weighted by molar-refractivity contribution is 9.11. The number of rotatable bonds is 3. The zero-order valence-corrected chi connectivity index (χ0v) is 11.1. The lowest BCUT2D eigenvalue weighted by Gasteiger charge is -2.07. The molecule has 0 amide bonds. The number of aliphatic hydroxyl groups is 1. The van der Waals surface area contributed by atoms with Crippen molar-refractivity contribution in [1.82, 2.24) is 9.97 Å². The molecule has 0 saturated heterocycles. The summed E-state index contributed by atoms with van der Waals surface area (Å²) in [7, 11) is 0. The Balaban J connectivity index is 2.08. The lowest BCUT2D eigenvalue weighted by atomic mass is 10.2. The number of hydrogen-bond donors (Lipinski definition) is 1. The van der Waals surface area contributed by atoms with Gasteiger partial charge in [-0.05, 0) is 35.0 Å². The van der Waals surface area contributed by atoms with Gasteiger partial charge in [0.05, 0.1) is 21.4 Å². The summed E-state index contributed by atoms with van der Waals surface area (Å²) in [4.78, 5) is 9.41. The van der Waals surface area contributed by atoms with Crippen LogP contribution in [0.4, 0.5) is 0 Å². The van der Waals surface area contributed by atoms with E-state index in [1.54, 1.807) is 23.7 Å². The first-order valence-electron chi connectivity index (χ1n) is 4.86. The van der Waals surface area contributed by atoms with Crippen LogP contribution in [0, 0.1) is 6.92 Å². The van der Waals surface area contributed by atoms with Crippen molar-refractivity contribution in [2.24, 2.45) is 0 Å². The Morgan fingerprint density at radius 3 is 2.75 bits per heavy atom. The quantitative estimate of drug-likeness (QED) is 0.948. The molecule has 0 spiro atoms. The molecule has 2 heterocycles. The molecule has 0 aromatic carbocycles. The molecule has 3 nitrogen and oxygen atoms in total.